The van der Waals surface area contributed by atoms with Crippen LogP contribution in [0.3, 0.4) is 0 Å². The molecular weight excluding hydrogens is 122 g/mol. The Balaban J connectivity index is 3.58. The molecule has 0 rings (SSSR count). The zero-order chi connectivity index (χ0) is 8.20. The third-order valence-electron chi connectivity index (χ3n) is 1.30. The Morgan fingerprint density at radius 3 is 2.10 bits per heavy atom. The van der Waals surface area contributed by atoms with Gasteiger partial charge in [-0.3, -0.25) is 0 Å². The molecule has 0 saturated carbocycles. The Morgan fingerprint density at radius 1 is 1.30 bits per heavy atom. The largest absolute Gasteiger partial charge is 0.310 e. The molecular formula is C9H19N. The van der Waals surface area contributed by atoms with Gasteiger partial charge in [-0.1, -0.05) is 34.1 Å². The molecule has 1 nitrogen and oxygen atoms in total. The standard InChI is InChI=1S/C9H19N/c1-5-6-8(10)7-9(2,3)4/h10H,5-7H2,1-4H3. The molecule has 0 bridgehead atoms. The van der Waals surface area contributed by atoms with Crippen LogP contribution < -0.4 is 0 Å². The van der Waals surface area contributed by atoms with Gasteiger partial charge in [0.15, 0.2) is 0 Å². The van der Waals surface area contributed by atoms with Gasteiger partial charge in [-0.05, 0) is 18.3 Å². The lowest BCUT2D eigenvalue weighted by atomic mass is 9.88. The van der Waals surface area contributed by atoms with Crippen molar-refractivity contribution in [2.45, 2.75) is 47.0 Å². The van der Waals surface area contributed by atoms with Crippen molar-refractivity contribution in [3.8, 4) is 0 Å². The van der Waals surface area contributed by atoms with Gasteiger partial charge in [0.25, 0.3) is 0 Å². The average molecular weight is 141 g/mol. The van der Waals surface area contributed by atoms with Crippen LogP contribution in [-0.4, -0.2) is 5.71 Å². The molecule has 1 N–H and O–H groups in total. The van der Waals surface area contributed by atoms with Gasteiger partial charge in [0, 0.05) is 5.71 Å². The molecule has 1 heteroatoms. The van der Waals surface area contributed by atoms with E-state index in [1.807, 2.05) is 0 Å². The quantitative estimate of drug-likeness (QED) is 0.583. The van der Waals surface area contributed by atoms with Crippen LogP contribution in [0.1, 0.15) is 47.0 Å². The van der Waals surface area contributed by atoms with Crippen molar-refractivity contribution in [2.75, 3.05) is 0 Å². The van der Waals surface area contributed by atoms with E-state index in [4.69, 9.17) is 5.41 Å². The lowest BCUT2D eigenvalue weighted by molar-refractivity contribution is 0.430. The summed E-state index contributed by atoms with van der Waals surface area (Å²) in [6, 6.07) is 0. The number of hydrogen-bond donors (Lipinski definition) is 1. The van der Waals surface area contributed by atoms with E-state index in [2.05, 4.69) is 27.7 Å². The fraction of sp³-hybridized carbons (Fsp3) is 0.889. The first-order valence-electron chi connectivity index (χ1n) is 4.02. The van der Waals surface area contributed by atoms with E-state index in [9.17, 15) is 0 Å². The summed E-state index contributed by atoms with van der Waals surface area (Å²) < 4.78 is 0. The van der Waals surface area contributed by atoms with Gasteiger partial charge in [0.1, 0.15) is 0 Å². The number of hydrogen-bond acceptors (Lipinski definition) is 1. The third-order valence-corrected chi connectivity index (χ3v) is 1.30. The van der Waals surface area contributed by atoms with E-state index in [0.717, 1.165) is 25.0 Å². The summed E-state index contributed by atoms with van der Waals surface area (Å²) in [6.07, 6.45) is 3.02. The van der Waals surface area contributed by atoms with Crippen molar-refractivity contribution < 1.29 is 0 Å². The maximum absolute atomic E-state index is 7.54. The van der Waals surface area contributed by atoms with Crippen molar-refractivity contribution in [2.24, 2.45) is 5.41 Å². The van der Waals surface area contributed by atoms with Crippen LogP contribution in [0.2, 0.25) is 0 Å². The molecule has 0 aliphatic rings. The van der Waals surface area contributed by atoms with Crippen molar-refractivity contribution in [1.82, 2.24) is 0 Å². The summed E-state index contributed by atoms with van der Waals surface area (Å²) in [4.78, 5) is 0. The molecule has 0 aliphatic carbocycles. The van der Waals surface area contributed by atoms with Crippen LogP contribution in [-0.2, 0) is 0 Å². The minimum absolute atomic E-state index is 0.298. The number of rotatable bonds is 3. The zero-order valence-corrected chi connectivity index (χ0v) is 7.62. The molecule has 60 valence electrons. The lowest BCUT2D eigenvalue weighted by Gasteiger charge is -2.17. The Kier molecular flexibility index (Phi) is 3.62. The Labute approximate surface area is 64.3 Å². The molecule has 0 amide bonds. The lowest BCUT2D eigenvalue weighted by Crippen LogP contribution is -2.11. The monoisotopic (exact) mass is 141 g/mol. The van der Waals surface area contributed by atoms with Gasteiger partial charge in [-0.25, -0.2) is 0 Å². The normalized spacial score (nSPS) is 11.6. The highest BCUT2D eigenvalue weighted by molar-refractivity contribution is 5.81. The van der Waals surface area contributed by atoms with Crippen LogP contribution in [0.15, 0.2) is 0 Å². The fourth-order valence-electron chi connectivity index (χ4n) is 1.03. The van der Waals surface area contributed by atoms with Gasteiger partial charge >= 0.3 is 0 Å². The van der Waals surface area contributed by atoms with Crippen molar-refractivity contribution in [3.63, 3.8) is 0 Å². The number of nitrogens with one attached hydrogen (secondary N) is 1. The zero-order valence-electron chi connectivity index (χ0n) is 7.62. The molecule has 0 spiro atoms. The molecule has 0 unspecified atom stereocenters. The first-order valence-corrected chi connectivity index (χ1v) is 4.02. The first kappa shape index (κ1) is 9.67. The molecule has 0 aromatic carbocycles. The Morgan fingerprint density at radius 2 is 1.80 bits per heavy atom. The van der Waals surface area contributed by atoms with Crippen LogP contribution >= 0.6 is 0 Å². The Bertz CT molecular complexity index is 108. The molecule has 10 heavy (non-hydrogen) atoms. The van der Waals surface area contributed by atoms with Gasteiger partial charge in [0.2, 0.25) is 0 Å². The van der Waals surface area contributed by atoms with Gasteiger partial charge in [-0.2, -0.15) is 0 Å². The van der Waals surface area contributed by atoms with Crippen LogP contribution in [0, 0.1) is 10.8 Å². The van der Waals surface area contributed by atoms with Crippen LogP contribution in [0.5, 0.6) is 0 Å². The summed E-state index contributed by atoms with van der Waals surface area (Å²) in [5, 5.41) is 7.54. The van der Waals surface area contributed by atoms with Crippen molar-refractivity contribution >= 4 is 5.71 Å². The maximum atomic E-state index is 7.54. The highest BCUT2D eigenvalue weighted by atomic mass is 14.4. The smallest absolute Gasteiger partial charge is 0.00942 e. The summed E-state index contributed by atoms with van der Waals surface area (Å²) >= 11 is 0. The molecule has 0 radical (unpaired) electrons. The van der Waals surface area contributed by atoms with Crippen LogP contribution in [0.25, 0.3) is 0 Å². The molecule has 0 aromatic heterocycles. The summed E-state index contributed by atoms with van der Waals surface area (Å²) in [7, 11) is 0. The molecule has 0 saturated heterocycles. The first-order chi connectivity index (χ1) is 4.45. The van der Waals surface area contributed by atoms with Gasteiger partial charge < -0.3 is 5.41 Å². The predicted octanol–water partition coefficient (Wildman–Crippen LogP) is 3.24. The Hall–Kier alpha value is -0.330. The molecule has 0 heterocycles. The van der Waals surface area contributed by atoms with E-state index in [0.29, 0.717) is 5.41 Å². The van der Waals surface area contributed by atoms with E-state index < -0.39 is 0 Å². The van der Waals surface area contributed by atoms with E-state index in [1.165, 1.54) is 0 Å². The second kappa shape index (κ2) is 3.75. The van der Waals surface area contributed by atoms with Crippen molar-refractivity contribution in [3.05, 3.63) is 0 Å². The highest BCUT2D eigenvalue weighted by Gasteiger charge is 2.11. The summed E-state index contributed by atoms with van der Waals surface area (Å²) in [5.41, 5.74) is 1.20. The maximum Gasteiger partial charge on any atom is 0.00942 e. The minimum atomic E-state index is 0.298. The van der Waals surface area contributed by atoms with E-state index >= 15 is 0 Å². The molecule has 0 fully saturated rings. The third kappa shape index (κ3) is 5.80. The molecule has 0 aliphatic heterocycles. The van der Waals surface area contributed by atoms with E-state index in [-0.39, 0.29) is 0 Å². The van der Waals surface area contributed by atoms with Crippen LogP contribution in [0.4, 0.5) is 0 Å². The second-order valence-corrected chi connectivity index (χ2v) is 4.09. The van der Waals surface area contributed by atoms with Gasteiger partial charge in [0.05, 0.1) is 0 Å². The summed E-state index contributed by atoms with van der Waals surface area (Å²) in [6.45, 7) is 8.66. The topological polar surface area (TPSA) is 23.9 Å². The predicted molar refractivity (Wildman–Crippen MR) is 46.7 cm³/mol. The second-order valence-electron chi connectivity index (χ2n) is 4.09. The highest BCUT2D eigenvalue weighted by Crippen LogP contribution is 2.19. The molecule has 0 atom stereocenters. The SMILES string of the molecule is CCCC(=N)CC(C)(C)C. The average Bonchev–Trinajstić information content (AvgIpc) is 1.59. The fourth-order valence-corrected chi connectivity index (χ4v) is 1.03. The minimum Gasteiger partial charge on any atom is -0.310 e. The summed E-state index contributed by atoms with van der Waals surface area (Å²) in [5.74, 6) is 0. The van der Waals surface area contributed by atoms with Gasteiger partial charge in [-0.15, -0.1) is 0 Å². The van der Waals surface area contributed by atoms with Crippen molar-refractivity contribution in [1.29, 1.82) is 5.41 Å². The molecule has 0 aromatic rings. The van der Waals surface area contributed by atoms with E-state index in [1.54, 1.807) is 0 Å².